The Morgan fingerprint density at radius 2 is 1.95 bits per heavy atom. The summed E-state index contributed by atoms with van der Waals surface area (Å²) in [4.78, 5) is 0. The predicted molar refractivity (Wildman–Crippen MR) is 88.0 cm³/mol. The first kappa shape index (κ1) is 16.1. The van der Waals surface area contributed by atoms with Crippen molar-refractivity contribution in [2.24, 2.45) is 5.84 Å². The second-order valence-corrected chi connectivity index (χ2v) is 5.73. The van der Waals surface area contributed by atoms with E-state index in [0.717, 1.165) is 27.5 Å². The molecule has 2 rings (SSSR count). The zero-order valence-electron chi connectivity index (χ0n) is 12.0. The molecule has 0 aliphatic carbocycles. The molecule has 0 amide bonds. The largest absolute Gasteiger partial charge is 0.496 e. The molecule has 1 unspecified atom stereocenters. The van der Waals surface area contributed by atoms with Crippen LogP contribution in [-0.2, 0) is 6.42 Å². The van der Waals surface area contributed by atoms with Crippen LogP contribution in [0.25, 0.3) is 0 Å². The van der Waals surface area contributed by atoms with Crippen LogP contribution in [0.2, 0.25) is 10.0 Å². The average molecular weight is 325 g/mol. The number of halogens is 2. The second kappa shape index (κ2) is 7.14. The number of methoxy groups -OCH3 is 1. The van der Waals surface area contributed by atoms with Crippen LogP contribution in [0.5, 0.6) is 5.75 Å². The van der Waals surface area contributed by atoms with E-state index in [4.69, 9.17) is 33.8 Å². The third-order valence-corrected chi connectivity index (χ3v) is 4.11. The lowest BCUT2D eigenvalue weighted by Gasteiger charge is -2.19. The fraction of sp³-hybridized carbons (Fsp3) is 0.250. The van der Waals surface area contributed by atoms with Crippen molar-refractivity contribution in [1.29, 1.82) is 0 Å². The molecule has 3 N–H and O–H groups in total. The fourth-order valence-electron chi connectivity index (χ4n) is 2.28. The summed E-state index contributed by atoms with van der Waals surface area (Å²) in [6.45, 7) is 1.97. The molecule has 0 radical (unpaired) electrons. The van der Waals surface area contributed by atoms with Crippen LogP contribution in [0.4, 0.5) is 0 Å². The van der Waals surface area contributed by atoms with Gasteiger partial charge in [-0.2, -0.15) is 0 Å². The molecule has 21 heavy (non-hydrogen) atoms. The molecule has 0 spiro atoms. The number of aryl methyl sites for hydroxylation is 1. The van der Waals surface area contributed by atoms with Crippen LogP contribution in [-0.4, -0.2) is 7.11 Å². The highest BCUT2D eigenvalue weighted by atomic mass is 35.5. The van der Waals surface area contributed by atoms with Crippen molar-refractivity contribution in [3.63, 3.8) is 0 Å². The van der Waals surface area contributed by atoms with Crippen molar-refractivity contribution in [2.75, 3.05) is 7.11 Å². The lowest BCUT2D eigenvalue weighted by atomic mass is 9.97. The Kier molecular flexibility index (Phi) is 5.48. The van der Waals surface area contributed by atoms with E-state index in [9.17, 15) is 0 Å². The van der Waals surface area contributed by atoms with Crippen LogP contribution in [0, 0.1) is 6.92 Å². The Hall–Kier alpha value is -1.26. The van der Waals surface area contributed by atoms with Crippen molar-refractivity contribution in [2.45, 2.75) is 19.4 Å². The molecule has 2 aromatic rings. The standard InChI is InChI=1S/C16H18Cl2N2O/c1-10-7-11(3-5-14(10)18)15(20-19)9-12-8-13(17)4-6-16(12)21-2/h3-8,15,20H,9,19H2,1-2H3. The number of benzene rings is 2. The maximum atomic E-state index is 6.07. The quantitative estimate of drug-likeness (QED) is 0.644. The Labute approximate surface area is 135 Å². The van der Waals surface area contributed by atoms with Gasteiger partial charge in [-0.1, -0.05) is 35.3 Å². The summed E-state index contributed by atoms with van der Waals surface area (Å²) < 4.78 is 5.38. The molecular weight excluding hydrogens is 307 g/mol. The first-order valence-electron chi connectivity index (χ1n) is 6.59. The number of nitrogens with two attached hydrogens (primary N) is 1. The van der Waals surface area contributed by atoms with Crippen LogP contribution < -0.4 is 16.0 Å². The lowest BCUT2D eigenvalue weighted by molar-refractivity contribution is 0.405. The van der Waals surface area contributed by atoms with E-state index in [2.05, 4.69) is 5.43 Å². The normalized spacial score (nSPS) is 12.2. The summed E-state index contributed by atoms with van der Waals surface area (Å²) in [7, 11) is 1.64. The van der Waals surface area contributed by atoms with E-state index in [0.29, 0.717) is 11.4 Å². The minimum Gasteiger partial charge on any atom is -0.496 e. The second-order valence-electron chi connectivity index (χ2n) is 4.89. The van der Waals surface area contributed by atoms with Gasteiger partial charge >= 0.3 is 0 Å². The van der Waals surface area contributed by atoms with Crippen LogP contribution in [0.3, 0.4) is 0 Å². The fourth-order valence-corrected chi connectivity index (χ4v) is 2.60. The van der Waals surface area contributed by atoms with Crippen LogP contribution in [0.1, 0.15) is 22.7 Å². The minimum atomic E-state index is -0.0478. The van der Waals surface area contributed by atoms with E-state index in [1.54, 1.807) is 13.2 Å². The van der Waals surface area contributed by atoms with E-state index >= 15 is 0 Å². The van der Waals surface area contributed by atoms with E-state index in [-0.39, 0.29) is 6.04 Å². The maximum Gasteiger partial charge on any atom is 0.122 e. The van der Waals surface area contributed by atoms with Gasteiger partial charge in [-0.05, 0) is 54.3 Å². The van der Waals surface area contributed by atoms with Crippen molar-refractivity contribution in [3.05, 3.63) is 63.1 Å². The predicted octanol–water partition coefficient (Wildman–Crippen LogP) is 4.06. The van der Waals surface area contributed by atoms with Gasteiger partial charge in [-0.3, -0.25) is 11.3 Å². The summed E-state index contributed by atoms with van der Waals surface area (Å²) in [6.07, 6.45) is 0.668. The van der Waals surface area contributed by atoms with Crippen molar-refractivity contribution in [1.82, 2.24) is 5.43 Å². The van der Waals surface area contributed by atoms with E-state index in [1.165, 1.54) is 0 Å². The highest BCUT2D eigenvalue weighted by molar-refractivity contribution is 6.31. The van der Waals surface area contributed by atoms with E-state index < -0.39 is 0 Å². The third-order valence-electron chi connectivity index (χ3n) is 3.45. The number of hydrogen-bond donors (Lipinski definition) is 2. The molecule has 112 valence electrons. The number of nitrogens with one attached hydrogen (secondary N) is 1. The van der Waals surface area contributed by atoms with Crippen LogP contribution in [0.15, 0.2) is 36.4 Å². The molecule has 1 atom stereocenters. The van der Waals surface area contributed by atoms with Gasteiger partial charge in [-0.25, -0.2) is 0 Å². The monoisotopic (exact) mass is 324 g/mol. The van der Waals surface area contributed by atoms with Gasteiger partial charge in [0.05, 0.1) is 13.2 Å². The molecule has 2 aromatic carbocycles. The highest BCUT2D eigenvalue weighted by Gasteiger charge is 2.15. The number of ether oxygens (including phenoxy) is 1. The number of hydrazine groups is 1. The van der Waals surface area contributed by atoms with Gasteiger partial charge in [0, 0.05) is 10.0 Å². The Bertz CT molecular complexity index is 632. The molecule has 0 bridgehead atoms. The molecule has 0 fully saturated rings. The van der Waals surface area contributed by atoms with Crippen molar-refractivity contribution < 1.29 is 4.74 Å². The zero-order chi connectivity index (χ0) is 15.4. The van der Waals surface area contributed by atoms with Crippen molar-refractivity contribution in [3.8, 4) is 5.75 Å². The number of hydrogen-bond acceptors (Lipinski definition) is 3. The van der Waals surface area contributed by atoms with Gasteiger partial charge in [0.1, 0.15) is 5.75 Å². The summed E-state index contributed by atoms with van der Waals surface area (Å²) >= 11 is 12.1. The van der Waals surface area contributed by atoms with Gasteiger partial charge in [-0.15, -0.1) is 0 Å². The topological polar surface area (TPSA) is 47.3 Å². The Morgan fingerprint density at radius 1 is 1.19 bits per heavy atom. The third kappa shape index (κ3) is 3.89. The lowest BCUT2D eigenvalue weighted by Crippen LogP contribution is -2.29. The summed E-state index contributed by atoms with van der Waals surface area (Å²) in [5.41, 5.74) is 5.93. The first-order chi connectivity index (χ1) is 10.0. The first-order valence-corrected chi connectivity index (χ1v) is 7.35. The zero-order valence-corrected chi connectivity index (χ0v) is 13.5. The SMILES string of the molecule is COc1ccc(Cl)cc1CC(NN)c1ccc(Cl)c(C)c1. The molecule has 0 saturated carbocycles. The molecular formula is C16H18Cl2N2O. The minimum absolute atomic E-state index is 0.0478. The molecule has 0 aromatic heterocycles. The maximum absolute atomic E-state index is 6.07. The van der Waals surface area contributed by atoms with Gasteiger partial charge < -0.3 is 4.74 Å². The highest BCUT2D eigenvalue weighted by Crippen LogP contribution is 2.28. The number of rotatable bonds is 5. The molecule has 0 aliphatic heterocycles. The van der Waals surface area contributed by atoms with Crippen LogP contribution >= 0.6 is 23.2 Å². The average Bonchev–Trinajstić information content (AvgIpc) is 2.48. The van der Waals surface area contributed by atoms with Gasteiger partial charge in [0.25, 0.3) is 0 Å². The Balaban J connectivity index is 2.30. The van der Waals surface area contributed by atoms with E-state index in [1.807, 2.05) is 37.3 Å². The van der Waals surface area contributed by atoms with Crippen molar-refractivity contribution >= 4 is 23.2 Å². The summed E-state index contributed by atoms with van der Waals surface area (Å²) in [5, 5.41) is 1.42. The van der Waals surface area contributed by atoms with Gasteiger partial charge in [0.2, 0.25) is 0 Å². The summed E-state index contributed by atoms with van der Waals surface area (Å²) in [6, 6.07) is 11.4. The molecule has 0 aliphatic rings. The molecule has 3 nitrogen and oxygen atoms in total. The van der Waals surface area contributed by atoms with Gasteiger partial charge in [0.15, 0.2) is 0 Å². The Morgan fingerprint density at radius 3 is 2.57 bits per heavy atom. The smallest absolute Gasteiger partial charge is 0.122 e. The molecule has 0 heterocycles. The summed E-state index contributed by atoms with van der Waals surface area (Å²) in [5.74, 6) is 6.51. The molecule has 5 heteroatoms. The molecule has 0 saturated heterocycles.